The highest BCUT2D eigenvalue weighted by Crippen LogP contribution is 2.12. The first-order chi connectivity index (χ1) is 5.74. The maximum Gasteiger partial charge on any atom is 0.101 e. The Hall–Kier alpha value is -1.60. The lowest BCUT2D eigenvalue weighted by Gasteiger charge is -1.95. The highest BCUT2D eigenvalue weighted by atomic mass is 32.1. The quantitative estimate of drug-likeness (QED) is 0.486. The van der Waals surface area contributed by atoms with E-state index in [0.717, 1.165) is 4.88 Å². The van der Waals surface area contributed by atoms with Crippen molar-refractivity contribution in [1.29, 1.82) is 5.26 Å². The summed E-state index contributed by atoms with van der Waals surface area (Å²) in [6.07, 6.45) is 1.29. The van der Waals surface area contributed by atoms with Crippen molar-refractivity contribution < 1.29 is 9.90 Å². The first-order valence-electron chi connectivity index (χ1n) is 3.10. The van der Waals surface area contributed by atoms with Crippen LogP contribution in [0.15, 0.2) is 23.1 Å². The molecule has 0 amide bonds. The predicted octanol–water partition coefficient (Wildman–Crippen LogP) is 0.405. The lowest BCUT2D eigenvalue weighted by atomic mass is 10.2. The molecule has 0 N–H and O–H groups in total. The topological polar surface area (TPSA) is 63.9 Å². The third-order valence-corrected chi connectivity index (χ3v) is 1.99. The van der Waals surface area contributed by atoms with Gasteiger partial charge in [-0.25, -0.2) is 0 Å². The van der Waals surface area contributed by atoms with Crippen LogP contribution in [0.1, 0.15) is 4.88 Å². The van der Waals surface area contributed by atoms with Gasteiger partial charge in [-0.3, -0.25) is 0 Å². The fraction of sp³-hybridized carbons (Fsp3) is 0. The minimum absolute atomic E-state index is 0.350. The summed E-state index contributed by atoms with van der Waals surface area (Å²) in [4.78, 5) is 11.0. The molecular formula is C8H4NO2S-. The molecule has 1 aromatic heterocycles. The standard InChI is InChI=1S/C8H5NO2S/c9-5-6(8(10)11)4-7-2-1-3-12-7/h1-4H,(H,10,11)/p-1/b6-4+. The van der Waals surface area contributed by atoms with Crippen LogP contribution in [0.4, 0.5) is 0 Å². The van der Waals surface area contributed by atoms with E-state index in [1.807, 2.05) is 0 Å². The fourth-order valence-corrected chi connectivity index (χ4v) is 1.31. The van der Waals surface area contributed by atoms with Gasteiger partial charge in [-0.05, 0) is 17.5 Å². The van der Waals surface area contributed by atoms with Gasteiger partial charge in [0.2, 0.25) is 0 Å². The second kappa shape index (κ2) is 3.69. The summed E-state index contributed by atoms with van der Waals surface area (Å²) in [6, 6.07) is 5.05. The molecule has 0 saturated heterocycles. The van der Waals surface area contributed by atoms with Crippen LogP contribution < -0.4 is 5.11 Å². The number of carbonyl (C=O) groups excluding carboxylic acids is 1. The highest BCUT2D eigenvalue weighted by Gasteiger charge is 1.96. The largest absolute Gasteiger partial charge is 0.544 e. The zero-order valence-electron chi connectivity index (χ0n) is 5.98. The van der Waals surface area contributed by atoms with Gasteiger partial charge in [0, 0.05) is 4.88 Å². The van der Waals surface area contributed by atoms with Gasteiger partial charge in [-0.1, -0.05) is 6.07 Å². The number of nitriles is 1. The van der Waals surface area contributed by atoms with Crippen molar-refractivity contribution in [2.24, 2.45) is 0 Å². The predicted molar refractivity (Wildman–Crippen MR) is 42.9 cm³/mol. The summed E-state index contributed by atoms with van der Waals surface area (Å²) in [5.41, 5.74) is -0.350. The summed E-state index contributed by atoms with van der Waals surface area (Å²) in [7, 11) is 0. The molecule has 0 unspecified atom stereocenters. The van der Waals surface area contributed by atoms with Crippen LogP contribution in [-0.2, 0) is 4.79 Å². The molecule has 0 radical (unpaired) electrons. The third kappa shape index (κ3) is 1.94. The maximum absolute atomic E-state index is 10.3. The lowest BCUT2D eigenvalue weighted by molar-refractivity contribution is -0.298. The van der Waals surface area contributed by atoms with Crippen molar-refractivity contribution in [2.45, 2.75) is 0 Å². The third-order valence-electron chi connectivity index (χ3n) is 1.17. The number of nitrogens with zero attached hydrogens (tertiary/aromatic N) is 1. The number of carboxylic acids is 1. The molecule has 60 valence electrons. The molecule has 0 saturated carbocycles. The number of carbonyl (C=O) groups is 1. The second-order valence-electron chi connectivity index (χ2n) is 1.97. The average molecular weight is 178 g/mol. The van der Waals surface area contributed by atoms with Crippen LogP contribution in [0.25, 0.3) is 6.08 Å². The molecule has 0 spiro atoms. The minimum atomic E-state index is -1.44. The molecule has 1 rings (SSSR count). The molecule has 0 aliphatic rings. The van der Waals surface area contributed by atoms with Crippen LogP contribution >= 0.6 is 11.3 Å². The Balaban J connectivity index is 2.95. The van der Waals surface area contributed by atoms with Gasteiger partial charge in [-0.2, -0.15) is 5.26 Å². The number of hydrogen-bond acceptors (Lipinski definition) is 4. The van der Waals surface area contributed by atoms with E-state index in [0.29, 0.717) is 0 Å². The van der Waals surface area contributed by atoms with Crippen molar-refractivity contribution in [3.8, 4) is 6.07 Å². The van der Waals surface area contributed by atoms with E-state index in [2.05, 4.69) is 0 Å². The van der Waals surface area contributed by atoms with E-state index in [4.69, 9.17) is 5.26 Å². The summed E-state index contributed by atoms with van der Waals surface area (Å²) < 4.78 is 0. The Morgan fingerprint density at radius 2 is 2.50 bits per heavy atom. The first-order valence-corrected chi connectivity index (χ1v) is 3.98. The lowest BCUT2D eigenvalue weighted by Crippen LogP contribution is -2.23. The van der Waals surface area contributed by atoms with Crippen LogP contribution in [-0.4, -0.2) is 5.97 Å². The zero-order valence-corrected chi connectivity index (χ0v) is 6.80. The van der Waals surface area contributed by atoms with Crippen molar-refractivity contribution in [3.63, 3.8) is 0 Å². The Morgan fingerprint density at radius 1 is 1.75 bits per heavy atom. The molecule has 4 heteroatoms. The molecule has 1 aromatic rings. The molecule has 3 nitrogen and oxygen atoms in total. The van der Waals surface area contributed by atoms with Crippen molar-refractivity contribution in [3.05, 3.63) is 28.0 Å². The summed E-state index contributed by atoms with van der Waals surface area (Å²) in [6.45, 7) is 0. The molecule has 1 heterocycles. The molecule has 12 heavy (non-hydrogen) atoms. The van der Waals surface area contributed by atoms with E-state index in [-0.39, 0.29) is 5.57 Å². The van der Waals surface area contributed by atoms with Crippen LogP contribution in [0.5, 0.6) is 0 Å². The number of hydrogen-bond donors (Lipinski definition) is 0. The Kier molecular flexibility index (Phi) is 2.62. The van der Waals surface area contributed by atoms with Crippen molar-refractivity contribution in [1.82, 2.24) is 0 Å². The van der Waals surface area contributed by atoms with Crippen molar-refractivity contribution >= 4 is 23.4 Å². The molecule has 0 fully saturated rings. The van der Waals surface area contributed by atoms with E-state index in [1.54, 1.807) is 23.6 Å². The van der Waals surface area contributed by atoms with Gasteiger partial charge in [0.15, 0.2) is 0 Å². The highest BCUT2D eigenvalue weighted by molar-refractivity contribution is 7.10. The number of thiophene rings is 1. The summed E-state index contributed by atoms with van der Waals surface area (Å²) >= 11 is 1.37. The number of rotatable bonds is 2. The molecular weight excluding hydrogens is 174 g/mol. The van der Waals surface area contributed by atoms with Crippen molar-refractivity contribution in [2.75, 3.05) is 0 Å². The van der Waals surface area contributed by atoms with Gasteiger partial charge >= 0.3 is 0 Å². The summed E-state index contributed by atoms with van der Waals surface area (Å²) in [5, 5.41) is 20.4. The Morgan fingerprint density at radius 3 is 2.92 bits per heavy atom. The molecule has 0 aromatic carbocycles. The fourth-order valence-electron chi connectivity index (χ4n) is 0.652. The Labute approximate surface area is 73.2 Å². The minimum Gasteiger partial charge on any atom is -0.544 e. The van der Waals surface area contributed by atoms with E-state index in [9.17, 15) is 9.90 Å². The van der Waals surface area contributed by atoms with Gasteiger partial charge in [0.05, 0.1) is 11.5 Å². The molecule has 0 bridgehead atoms. The normalized spacial score (nSPS) is 10.8. The van der Waals surface area contributed by atoms with Crippen LogP contribution in [0.3, 0.4) is 0 Å². The number of carboxylic acid groups (broad SMARTS) is 1. The first kappa shape index (κ1) is 8.50. The van der Waals surface area contributed by atoms with Crippen LogP contribution in [0, 0.1) is 11.3 Å². The maximum atomic E-state index is 10.3. The van der Waals surface area contributed by atoms with E-state index in [1.165, 1.54) is 17.4 Å². The second-order valence-corrected chi connectivity index (χ2v) is 2.95. The Bertz CT molecular complexity index is 346. The zero-order chi connectivity index (χ0) is 8.97. The molecule has 0 atom stereocenters. The van der Waals surface area contributed by atoms with E-state index < -0.39 is 5.97 Å². The van der Waals surface area contributed by atoms with Gasteiger partial charge in [0.25, 0.3) is 0 Å². The smallest absolute Gasteiger partial charge is 0.101 e. The van der Waals surface area contributed by atoms with Gasteiger partial charge in [0.1, 0.15) is 6.07 Å². The van der Waals surface area contributed by atoms with Gasteiger partial charge in [-0.15, -0.1) is 11.3 Å². The van der Waals surface area contributed by atoms with E-state index >= 15 is 0 Å². The van der Waals surface area contributed by atoms with Gasteiger partial charge < -0.3 is 9.90 Å². The average Bonchev–Trinajstić information content (AvgIpc) is 2.51. The number of aliphatic carboxylic acids is 1. The summed E-state index contributed by atoms with van der Waals surface area (Å²) in [5.74, 6) is -1.44. The SMILES string of the molecule is N#C/C(=C\c1cccs1)C(=O)[O-]. The monoisotopic (exact) mass is 178 g/mol. The van der Waals surface area contributed by atoms with Crippen LogP contribution in [0.2, 0.25) is 0 Å². The molecule has 0 aliphatic carbocycles. The molecule has 0 aliphatic heterocycles.